The molecule has 1 amide bonds. The van der Waals surface area contributed by atoms with Gasteiger partial charge in [0.05, 0.1) is 28.5 Å². The molecule has 33 heavy (non-hydrogen) atoms. The first-order chi connectivity index (χ1) is 15.8. The first-order valence-electron chi connectivity index (χ1n) is 10.5. The Bertz CT molecular complexity index is 1410. The van der Waals surface area contributed by atoms with Gasteiger partial charge >= 0.3 is 0 Å². The molecule has 170 valence electrons. The predicted octanol–water partition coefficient (Wildman–Crippen LogP) is 5.16. The molecule has 0 aliphatic rings. The van der Waals surface area contributed by atoms with Crippen molar-refractivity contribution in [2.24, 2.45) is 0 Å². The Morgan fingerprint density at radius 1 is 1.18 bits per heavy atom. The van der Waals surface area contributed by atoms with Crippen LogP contribution in [0.3, 0.4) is 0 Å². The number of fused-ring (bicyclic) bond motifs is 1. The third kappa shape index (κ3) is 4.67. The van der Waals surface area contributed by atoms with Gasteiger partial charge in [0, 0.05) is 17.1 Å². The van der Waals surface area contributed by atoms with Gasteiger partial charge in [-0.05, 0) is 63.1 Å². The van der Waals surface area contributed by atoms with E-state index in [4.69, 9.17) is 16.6 Å². The van der Waals surface area contributed by atoms with Gasteiger partial charge < -0.3 is 5.32 Å². The molecule has 0 aliphatic carbocycles. The molecule has 0 saturated heterocycles. The topological polar surface area (TPSA) is 81.8 Å². The van der Waals surface area contributed by atoms with Crippen molar-refractivity contribution in [1.29, 1.82) is 0 Å². The van der Waals surface area contributed by atoms with E-state index in [0.29, 0.717) is 26.9 Å². The summed E-state index contributed by atoms with van der Waals surface area (Å²) in [4.78, 5) is 30.9. The second kappa shape index (κ2) is 9.41. The first kappa shape index (κ1) is 23.1. The summed E-state index contributed by atoms with van der Waals surface area (Å²) < 4.78 is 3.32. The molecule has 0 radical (unpaired) electrons. The zero-order chi connectivity index (χ0) is 23.7. The molecule has 0 fully saturated rings. The van der Waals surface area contributed by atoms with E-state index in [2.05, 4.69) is 10.4 Å². The normalized spacial score (nSPS) is 11.3. The maximum absolute atomic E-state index is 13.5. The molecular formula is C24H24ClN5O2S. The number of thioether (sulfide) groups is 1. The van der Waals surface area contributed by atoms with Crippen molar-refractivity contribution in [3.63, 3.8) is 0 Å². The summed E-state index contributed by atoms with van der Waals surface area (Å²) in [7, 11) is 0. The number of carbonyl (C=O) groups excluding carboxylic acids is 1. The Labute approximate surface area is 200 Å². The van der Waals surface area contributed by atoms with Crippen LogP contribution in [-0.4, -0.2) is 31.0 Å². The van der Waals surface area contributed by atoms with Gasteiger partial charge in [0.15, 0.2) is 5.16 Å². The number of hydrogen-bond donors (Lipinski definition) is 1. The van der Waals surface area contributed by atoms with Crippen LogP contribution < -0.4 is 10.9 Å². The number of aryl methyl sites for hydroxylation is 1. The number of hydrogen-bond acceptors (Lipinski definition) is 5. The zero-order valence-corrected chi connectivity index (χ0v) is 20.4. The number of nitrogens with zero attached hydrogens (tertiary/aromatic N) is 4. The average molecular weight is 482 g/mol. The Hall–Kier alpha value is -3.10. The quantitative estimate of drug-likeness (QED) is 0.303. The van der Waals surface area contributed by atoms with Crippen LogP contribution in [0.4, 0.5) is 5.82 Å². The van der Waals surface area contributed by atoms with Crippen molar-refractivity contribution >= 4 is 46.0 Å². The largest absolute Gasteiger partial charge is 0.310 e. The molecule has 9 heteroatoms. The summed E-state index contributed by atoms with van der Waals surface area (Å²) in [5, 5.41) is 8.51. The van der Waals surface area contributed by atoms with Crippen LogP contribution >= 0.6 is 23.4 Å². The molecule has 7 nitrogen and oxygen atoms in total. The Morgan fingerprint density at radius 2 is 1.97 bits per heavy atom. The van der Waals surface area contributed by atoms with Gasteiger partial charge in [-0.2, -0.15) is 5.10 Å². The first-order valence-corrected chi connectivity index (χ1v) is 11.9. The minimum Gasteiger partial charge on any atom is -0.310 e. The molecule has 2 heterocycles. The van der Waals surface area contributed by atoms with E-state index in [1.165, 1.54) is 11.8 Å². The summed E-state index contributed by atoms with van der Waals surface area (Å²) in [5.41, 5.74) is 3.07. The van der Waals surface area contributed by atoms with E-state index in [-0.39, 0.29) is 23.3 Å². The number of amides is 1. The van der Waals surface area contributed by atoms with Crippen molar-refractivity contribution in [2.75, 3.05) is 11.1 Å². The molecule has 0 spiro atoms. The van der Waals surface area contributed by atoms with Gasteiger partial charge in [-0.1, -0.05) is 35.5 Å². The Morgan fingerprint density at radius 3 is 2.73 bits per heavy atom. The third-order valence-electron chi connectivity index (χ3n) is 5.38. The van der Waals surface area contributed by atoms with Crippen LogP contribution in [0.25, 0.3) is 16.6 Å². The number of carbonyl (C=O) groups is 1. The number of anilines is 1. The highest BCUT2D eigenvalue weighted by molar-refractivity contribution is 7.99. The smallest absolute Gasteiger partial charge is 0.266 e. The predicted molar refractivity (Wildman–Crippen MR) is 134 cm³/mol. The lowest BCUT2D eigenvalue weighted by atomic mass is 10.1. The Balaban J connectivity index is 1.73. The number of halogens is 1. The highest BCUT2D eigenvalue weighted by Gasteiger charge is 2.18. The van der Waals surface area contributed by atoms with E-state index in [1.54, 1.807) is 39.7 Å². The molecule has 2 aromatic heterocycles. The van der Waals surface area contributed by atoms with Crippen LogP contribution in [-0.2, 0) is 4.79 Å². The van der Waals surface area contributed by atoms with Crippen LogP contribution in [0.5, 0.6) is 0 Å². The van der Waals surface area contributed by atoms with Crippen LogP contribution in [0.1, 0.15) is 31.0 Å². The molecule has 4 aromatic rings. The Kier molecular flexibility index (Phi) is 6.58. The SMILES string of the molecule is Cc1cccc(-n2c(SCC(=O)Nc3ccnn3C(C)C)nc3cc(Cl)ccc3c2=O)c1C. The molecule has 1 N–H and O–H groups in total. The minimum atomic E-state index is -0.213. The molecule has 0 atom stereocenters. The van der Waals surface area contributed by atoms with Crippen molar-refractivity contribution in [3.8, 4) is 5.69 Å². The fourth-order valence-corrected chi connectivity index (χ4v) is 4.53. The summed E-state index contributed by atoms with van der Waals surface area (Å²) in [6.45, 7) is 7.95. The average Bonchev–Trinajstić information content (AvgIpc) is 3.23. The fraction of sp³-hybridized carbons (Fsp3) is 0.250. The van der Waals surface area contributed by atoms with Gasteiger partial charge in [0.2, 0.25) is 5.91 Å². The molecule has 0 unspecified atom stereocenters. The lowest BCUT2D eigenvalue weighted by molar-refractivity contribution is -0.113. The van der Waals surface area contributed by atoms with E-state index in [1.807, 2.05) is 45.9 Å². The van der Waals surface area contributed by atoms with Crippen molar-refractivity contribution in [2.45, 2.75) is 38.9 Å². The van der Waals surface area contributed by atoms with Crippen molar-refractivity contribution < 1.29 is 4.79 Å². The molecule has 2 aromatic carbocycles. The number of benzene rings is 2. The molecule has 4 rings (SSSR count). The summed E-state index contributed by atoms with van der Waals surface area (Å²) in [6, 6.07) is 12.7. The zero-order valence-electron chi connectivity index (χ0n) is 18.8. The standard InChI is InChI=1S/C24H24ClN5O2S/c1-14(2)30-21(10-11-26-30)28-22(31)13-33-24-27-19-12-17(25)8-9-18(19)23(32)29(24)20-7-5-6-15(3)16(20)4/h5-12,14H,13H2,1-4H3,(H,28,31). The van der Waals surface area contributed by atoms with E-state index in [9.17, 15) is 9.59 Å². The highest BCUT2D eigenvalue weighted by atomic mass is 35.5. The molecular weight excluding hydrogens is 458 g/mol. The summed E-state index contributed by atoms with van der Waals surface area (Å²) in [6.07, 6.45) is 1.65. The van der Waals surface area contributed by atoms with Gasteiger partial charge in [0.25, 0.3) is 5.56 Å². The van der Waals surface area contributed by atoms with Crippen LogP contribution in [0, 0.1) is 13.8 Å². The van der Waals surface area contributed by atoms with E-state index in [0.717, 1.165) is 16.8 Å². The van der Waals surface area contributed by atoms with E-state index < -0.39 is 0 Å². The van der Waals surface area contributed by atoms with Crippen molar-refractivity contribution in [3.05, 3.63) is 75.2 Å². The van der Waals surface area contributed by atoms with Gasteiger partial charge in [-0.3, -0.25) is 14.2 Å². The monoisotopic (exact) mass is 481 g/mol. The van der Waals surface area contributed by atoms with Crippen LogP contribution in [0.2, 0.25) is 5.02 Å². The van der Waals surface area contributed by atoms with Gasteiger partial charge in [-0.15, -0.1) is 0 Å². The lowest BCUT2D eigenvalue weighted by Crippen LogP contribution is -2.24. The minimum absolute atomic E-state index is 0.0760. The second-order valence-corrected chi connectivity index (χ2v) is 9.39. The van der Waals surface area contributed by atoms with Gasteiger partial charge in [0.1, 0.15) is 5.82 Å². The number of nitrogens with one attached hydrogen (secondary N) is 1. The second-order valence-electron chi connectivity index (χ2n) is 8.01. The summed E-state index contributed by atoms with van der Waals surface area (Å²) in [5.74, 6) is 0.489. The maximum atomic E-state index is 13.5. The summed E-state index contributed by atoms with van der Waals surface area (Å²) >= 11 is 7.35. The van der Waals surface area contributed by atoms with E-state index >= 15 is 0 Å². The molecule has 0 aliphatic heterocycles. The number of rotatable bonds is 6. The van der Waals surface area contributed by atoms with Crippen LogP contribution in [0.15, 0.2) is 58.6 Å². The lowest BCUT2D eigenvalue weighted by Gasteiger charge is -2.16. The molecule has 0 bridgehead atoms. The van der Waals surface area contributed by atoms with Gasteiger partial charge in [-0.25, -0.2) is 9.67 Å². The molecule has 0 saturated carbocycles. The third-order valence-corrected chi connectivity index (χ3v) is 6.55. The maximum Gasteiger partial charge on any atom is 0.266 e. The fourth-order valence-electron chi connectivity index (χ4n) is 3.56. The highest BCUT2D eigenvalue weighted by Crippen LogP contribution is 2.26. The number of aromatic nitrogens is 4. The van der Waals surface area contributed by atoms with Crippen molar-refractivity contribution in [1.82, 2.24) is 19.3 Å².